The van der Waals surface area contributed by atoms with E-state index >= 15 is 0 Å². The number of amides is 1. The fourth-order valence-corrected chi connectivity index (χ4v) is 2.30. The van der Waals surface area contributed by atoms with Gasteiger partial charge in [0, 0.05) is 4.47 Å². The van der Waals surface area contributed by atoms with Crippen molar-refractivity contribution in [3.63, 3.8) is 0 Å². The summed E-state index contributed by atoms with van der Waals surface area (Å²) in [5.74, 6) is -1.70. The maximum Gasteiger partial charge on any atom is 0.337 e. The largest absolute Gasteiger partial charge is 0.478 e. The van der Waals surface area contributed by atoms with Gasteiger partial charge in [-0.3, -0.25) is 4.79 Å². The molecule has 0 aliphatic carbocycles. The SMILES string of the molecule is CC(C(=O)Nc1cc(Br)ccc1C(=O)O)c1ccccc1. The average Bonchev–Trinajstić information content (AvgIpc) is 2.47. The number of carboxylic acids is 1. The topological polar surface area (TPSA) is 66.4 Å². The lowest BCUT2D eigenvalue weighted by molar-refractivity contribution is -0.117. The third-order valence-corrected chi connectivity index (χ3v) is 3.66. The van der Waals surface area contributed by atoms with E-state index in [9.17, 15) is 9.59 Å². The average molecular weight is 348 g/mol. The molecule has 2 N–H and O–H groups in total. The van der Waals surface area contributed by atoms with Crippen molar-refractivity contribution >= 4 is 33.5 Å². The van der Waals surface area contributed by atoms with Gasteiger partial charge in [-0.05, 0) is 30.7 Å². The van der Waals surface area contributed by atoms with Crippen LogP contribution in [-0.2, 0) is 4.79 Å². The van der Waals surface area contributed by atoms with E-state index in [1.165, 1.54) is 6.07 Å². The Morgan fingerprint density at radius 3 is 2.43 bits per heavy atom. The van der Waals surface area contributed by atoms with Crippen molar-refractivity contribution in [2.45, 2.75) is 12.8 Å². The van der Waals surface area contributed by atoms with Crippen molar-refractivity contribution in [2.75, 3.05) is 5.32 Å². The van der Waals surface area contributed by atoms with Crippen LogP contribution in [0.1, 0.15) is 28.8 Å². The first-order valence-corrected chi connectivity index (χ1v) is 7.17. The van der Waals surface area contributed by atoms with Gasteiger partial charge in [0.05, 0.1) is 17.2 Å². The molecule has 0 heterocycles. The number of halogens is 1. The predicted octanol–water partition coefficient (Wildman–Crippen LogP) is 3.89. The normalized spacial score (nSPS) is 11.7. The summed E-state index contributed by atoms with van der Waals surface area (Å²) in [6.07, 6.45) is 0. The molecule has 4 nitrogen and oxygen atoms in total. The summed E-state index contributed by atoms with van der Waals surface area (Å²) in [4.78, 5) is 23.5. The maximum absolute atomic E-state index is 12.3. The summed E-state index contributed by atoms with van der Waals surface area (Å²) >= 11 is 3.27. The summed E-state index contributed by atoms with van der Waals surface area (Å²) in [5.41, 5.74) is 1.22. The fourth-order valence-electron chi connectivity index (χ4n) is 1.94. The molecule has 0 saturated heterocycles. The van der Waals surface area contributed by atoms with Crippen LogP contribution < -0.4 is 5.32 Å². The van der Waals surface area contributed by atoms with E-state index in [2.05, 4.69) is 21.2 Å². The fraction of sp³-hybridized carbons (Fsp3) is 0.125. The molecule has 2 aromatic carbocycles. The molecule has 2 aromatic rings. The quantitative estimate of drug-likeness (QED) is 0.881. The first-order chi connectivity index (χ1) is 9.99. The molecular formula is C16H14BrNO3. The zero-order valence-electron chi connectivity index (χ0n) is 11.3. The molecule has 5 heteroatoms. The Kier molecular flexibility index (Phi) is 4.75. The molecule has 21 heavy (non-hydrogen) atoms. The molecule has 0 spiro atoms. The maximum atomic E-state index is 12.3. The van der Waals surface area contributed by atoms with E-state index in [-0.39, 0.29) is 23.1 Å². The Labute approximate surface area is 130 Å². The van der Waals surface area contributed by atoms with Gasteiger partial charge in [-0.1, -0.05) is 46.3 Å². The Balaban J connectivity index is 2.24. The molecule has 0 fully saturated rings. The molecule has 0 aliphatic heterocycles. The van der Waals surface area contributed by atoms with Crippen LogP contribution in [0.3, 0.4) is 0 Å². The van der Waals surface area contributed by atoms with Crippen molar-refractivity contribution in [2.24, 2.45) is 0 Å². The molecule has 108 valence electrons. The summed E-state index contributed by atoms with van der Waals surface area (Å²) < 4.78 is 0.704. The van der Waals surface area contributed by atoms with Crippen LogP contribution in [0.5, 0.6) is 0 Å². The zero-order valence-corrected chi connectivity index (χ0v) is 12.9. The Hall–Kier alpha value is -2.14. The molecule has 1 unspecified atom stereocenters. The highest BCUT2D eigenvalue weighted by Gasteiger charge is 2.18. The molecule has 2 rings (SSSR count). The summed E-state index contributed by atoms with van der Waals surface area (Å²) in [6, 6.07) is 14.0. The van der Waals surface area contributed by atoms with Gasteiger partial charge in [0.25, 0.3) is 0 Å². The lowest BCUT2D eigenvalue weighted by Crippen LogP contribution is -2.20. The van der Waals surface area contributed by atoms with Crippen molar-refractivity contribution in [3.05, 3.63) is 64.1 Å². The lowest BCUT2D eigenvalue weighted by atomic mass is 10.0. The first kappa shape index (κ1) is 15.3. The number of anilines is 1. The molecule has 0 aromatic heterocycles. The Morgan fingerprint density at radius 1 is 1.14 bits per heavy atom. The second-order valence-electron chi connectivity index (χ2n) is 4.62. The van der Waals surface area contributed by atoms with E-state index in [4.69, 9.17) is 5.11 Å². The van der Waals surface area contributed by atoms with E-state index in [1.54, 1.807) is 19.1 Å². The smallest absolute Gasteiger partial charge is 0.337 e. The van der Waals surface area contributed by atoms with Crippen molar-refractivity contribution in [1.29, 1.82) is 0 Å². The number of hydrogen-bond donors (Lipinski definition) is 2. The minimum absolute atomic E-state index is 0.0619. The van der Waals surface area contributed by atoms with E-state index in [0.717, 1.165) is 5.56 Å². The van der Waals surface area contributed by atoms with Crippen LogP contribution in [0.25, 0.3) is 0 Å². The number of hydrogen-bond acceptors (Lipinski definition) is 2. The van der Waals surface area contributed by atoms with E-state index in [1.807, 2.05) is 30.3 Å². The number of aromatic carboxylic acids is 1. The minimum Gasteiger partial charge on any atom is -0.478 e. The number of rotatable bonds is 4. The highest BCUT2D eigenvalue weighted by Crippen LogP contribution is 2.24. The second kappa shape index (κ2) is 6.54. The Morgan fingerprint density at radius 2 is 1.81 bits per heavy atom. The third kappa shape index (κ3) is 3.70. The predicted molar refractivity (Wildman–Crippen MR) is 84.6 cm³/mol. The van der Waals surface area contributed by atoms with Gasteiger partial charge in [-0.15, -0.1) is 0 Å². The summed E-state index contributed by atoms with van der Waals surface area (Å²) in [6.45, 7) is 1.78. The van der Waals surface area contributed by atoms with Crippen LogP contribution in [0.2, 0.25) is 0 Å². The van der Waals surface area contributed by atoms with Gasteiger partial charge in [0.15, 0.2) is 0 Å². The summed E-state index contributed by atoms with van der Waals surface area (Å²) in [7, 11) is 0. The number of benzene rings is 2. The highest BCUT2D eigenvalue weighted by atomic mass is 79.9. The molecule has 0 saturated carbocycles. The minimum atomic E-state index is -1.08. The van der Waals surface area contributed by atoms with Gasteiger partial charge in [0.2, 0.25) is 5.91 Å². The molecule has 0 radical (unpaired) electrons. The lowest BCUT2D eigenvalue weighted by Gasteiger charge is -2.14. The summed E-state index contributed by atoms with van der Waals surface area (Å²) in [5, 5.41) is 11.8. The van der Waals surface area contributed by atoms with Gasteiger partial charge in [0.1, 0.15) is 0 Å². The van der Waals surface area contributed by atoms with Gasteiger partial charge >= 0.3 is 5.97 Å². The standard InChI is InChI=1S/C16H14BrNO3/c1-10(11-5-3-2-4-6-11)15(19)18-14-9-12(17)7-8-13(14)16(20)21/h2-10H,1H3,(H,18,19)(H,20,21). The number of nitrogens with one attached hydrogen (secondary N) is 1. The van der Waals surface area contributed by atoms with Crippen LogP contribution in [0, 0.1) is 0 Å². The van der Waals surface area contributed by atoms with Crippen molar-refractivity contribution in [1.82, 2.24) is 0 Å². The van der Waals surface area contributed by atoms with Crippen LogP contribution in [-0.4, -0.2) is 17.0 Å². The second-order valence-corrected chi connectivity index (χ2v) is 5.53. The van der Waals surface area contributed by atoms with Crippen LogP contribution in [0.4, 0.5) is 5.69 Å². The van der Waals surface area contributed by atoms with Gasteiger partial charge in [-0.25, -0.2) is 4.79 Å². The van der Waals surface area contributed by atoms with Gasteiger partial charge in [-0.2, -0.15) is 0 Å². The number of carbonyl (C=O) groups is 2. The van der Waals surface area contributed by atoms with Crippen LogP contribution >= 0.6 is 15.9 Å². The zero-order chi connectivity index (χ0) is 15.4. The molecule has 1 atom stereocenters. The van der Waals surface area contributed by atoms with Crippen molar-refractivity contribution in [3.8, 4) is 0 Å². The van der Waals surface area contributed by atoms with Gasteiger partial charge < -0.3 is 10.4 Å². The van der Waals surface area contributed by atoms with Crippen molar-refractivity contribution < 1.29 is 14.7 Å². The van der Waals surface area contributed by atoms with Crippen LogP contribution in [0.15, 0.2) is 53.0 Å². The number of carbonyl (C=O) groups excluding carboxylic acids is 1. The molecular weight excluding hydrogens is 334 g/mol. The Bertz CT molecular complexity index is 670. The monoisotopic (exact) mass is 347 g/mol. The van der Waals surface area contributed by atoms with E-state index in [0.29, 0.717) is 4.47 Å². The molecule has 1 amide bonds. The molecule has 0 aliphatic rings. The molecule has 0 bridgehead atoms. The third-order valence-electron chi connectivity index (χ3n) is 3.16. The highest BCUT2D eigenvalue weighted by molar-refractivity contribution is 9.10. The van der Waals surface area contributed by atoms with E-state index < -0.39 is 5.97 Å². The number of carboxylic acid groups (broad SMARTS) is 1. The first-order valence-electron chi connectivity index (χ1n) is 6.37.